The lowest BCUT2D eigenvalue weighted by Gasteiger charge is -2.32. The molecule has 0 unspecified atom stereocenters. The molecule has 0 fully saturated rings. The quantitative estimate of drug-likeness (QED) is 0.559. The monoisotopic (exact) mass is 200 g/mol. The Labute approximate surface area is 90.3 Å². The maximum atomic E-state index is 7.45. The van der Waals surface area contributed by atoms with Crippen LogP contribution in [0.3, 0.4) is 0 Å². The standard InChI is InChI=1S/C13H16N2/c1-13(9-12(14)15)8-4-6-10-5-2-3-7-11(10)13/h2-7H,8-9H2,1H3,(H3,14,15)/t13-/m0/s1. The van der Waals surface area contributed by atoms with Gasteiger partial charge in [0.25, 0.3) is 0 Å². The number of allylic oxidation sites excluding steroid dienone is 1. The maximum absolute atomic E-state index is 7.45. The number of benzene rings is 1. The van der Waals surface area contributed by atoms with Crippen molar-refractivity contribution in [2.24, 2.45) is 5.73 Å². The molecule has 0 amide bonds. The van der Waals surface area contributed by atoms with Crippen molar-refractivity contribution in [1.82, 2.24) is 0 Å². The van der Waals surface area contributed by atoms with Crippen LogP contribution in [0.25, 0.3) is 6.08 Å². The van der Waals surface area contributed by atoms with E-state index in [1.807, 2.05) is 6.07 Å². The second kappa shape index (κ2) is 3.54. The molecule has 0 saturated carbocycles. The number of rotatable bonds is 2. The molecule has 0 aliphatic heterocycles. The maximum Gasteiger partial charge on any atom is 0.0914 e. The zero-order chi connectivity index (χ0) is 10.9. The number of hydrogen-bond acceptors (Lipinski definition) is 1. The van der Waals surface area contributed by atoms with Crippen molar-refractivity contribution in [2.75, 3.05) is 0 Å². The van der Waals surface area contributed by atoms with E-state index >= 15 is 0 Å². The number of hydrogen-bond donors (Lipinski definition) is 2. The zero-order valence-electron chi connectivity index (χ0n) is 8.96. The topological polar surface area (TPSA) is 49.9 Å². The van der Waals surface area contributed by atoms with Crippen LogP contribution < -0.4 is 5.73 Å². The largest absolute Gasteiger partial charge is 0.388 e. The molecule has 1 aliphatic rings. The van der Waals surface area contributed by atoms with Gasteiger partial charge in [0.1, 0.15) is 0 Å². The minimum Gasteiger partial charge on any atom is -0.388 e. The van der Waals surface area contributed by atoms with Gasteiger partial charge in [0, 0.05) is 11.8 Å². The lowest BCUT2D eigenvalue weighted by molar-refractivity contribution is 0.491. The van der Waals surface area contributed by atoms with Crippen LogP contribution in [0.15, 0.2) is 30.3 Å². The van der Waals surface area contributed by atoms with E-state index in [1.54, 1.807) is 0 Å². The molecule has 1 aromatic rings. The number of nitrogens with two attached hydrogens (primary N) is 1. The van der Waals surface area contributed by atoms with E-state index in [0.717, 1.165) is 6.42 Å². The van der Waals surface area contributed by atoms with Gasteiger partial charge in [0.15, 0.2) is 0 Å². The normalized spacial score (nSPS) is 23.5. The minimum atomic E-state index is -0.00280. The van der Waals surface area contributed by atoms with Crippen molar-refractivity contribution >= 4 is 11.9 Å². The minimum absolute atomic E-state index is 0.00280. The first-order valence-electron chi connectivity index (χ1n) is 5.21. The first-order valence-corrected chi connectivity index (χ1v) is 5.21. The highest BCUT2D eigenvalue weighted by Gasteiger charge is 2.30. The van der Waals surface area contributed by atoms with Crippen LogP contribution in [0.5, 0.6) is 0 Å². The molecule has 1 aromatic carbocycles. The Balaban J connectivity index is 2.45. The van der Waals surface area contributed by atoms with Gasteiger partial charge in [0.05, 0.1) is 5.84 Å². The molecule has 0 aromatic heterocycles. The lowest BCUT2D eigenvalue weighted by atomic mass is 9.72. The van der Waals surface area contributed by atoms with Gasteiger partial charge in [-0.05, 0) is 17.5 Å². The van der Waals surface area contributed by atoms with E-state index in [2.05, 4.69) is 37.3 Å². The summed E-state index contributed by atoms with van der Waals surface area (Å²) in [6, 6.07) is 8.35. The molecule has 2 rings (SSSR count). The predicted octanol–water partition coefficient (Wildman–Crippen LogP) is 2.69. The molecule has 78 valence electrons. The Morgan fingerprint density at radius 1 is 1.47 bits per heavy atom. The molecular weight excluding hydrogens is 184 g/mol. The Morgan fingerprint density at radius 2 is 2.20 bits per heavy atom. The van der Waals surface area contributed by atoms with Crippen LogP contribution in [0.4, 0.5) is 0 Å². The average Bonchev–Trinajstić information content (AvgIpc) is 2.17. The van der Waals surface area contributed by atoms with E-state index in [4.69, 9.17) is 11.1 Å². The summed E-state index contributed by atoms with van der Waals surface area (Å²) in [5, 5.41) is 7.45. The fourth-order valence-electron chi connectivity index (χ4n) is 2.34. The molecule has 0 saturated heterocycles. The third-order valence-electron chi connectivity index (χ3n) is 3.06. The van der Waals surface area contributed by atoms with Crippen LogP contribution in [0, 0.1) is 5.41 Å². The fourth-order valence-corrected chi connectivity index (χ4v) is 2.34. The first-order chi connectivity index (χ1) is 7.12. The summed E-state index contributed by atoms with van der Waals surface area (Å²) in [6.07, 6.45) is 5.92. The van der Waals surface area contributed by atoms with Crippen LogP contribution >= 0.6 is 0 Å². The van der Waals surface area contributed by atoms with Crippen molar-refractivity contribution in [3.63, 3.8) is 0 Å². The number of fused-ring (bicyclic) bond motifs is 1. The molecule has 0 radical (unpaired) electrons. The van der Waals surface area contributed by atoms with Crippen LogP contribution in [0.2, 0.25) is 0 Å². The second-order valence-electron chi connectivity index (χ2n) is 4.46. The lowest BCUT2D eigenvalue weighted by Crippen LogP contribution is -2.30. The molecule has 15 heavy (non-hydrogen) atoms. The van der Waals surface area contributed by atoms with Crippen LogP contribution in [-0.4, -0.2) is 5.84 Å². The summed E-state index contributed by atoms with van der Waals surface area (Å²) in [4.78, 5) is 0. The van der Waals surface area contributed by atoms with Crippen molar-refractivity contribution in [3.8, 4) is 0 Å². The van der Waals surface area contributed by atoms with Gasteiger partial charge >= 0.3 is 0 Å². The van der Waals surface area contributed by atoms with Crippen molar-refractivity contribution in [2.45, 2.75) is 25.2 Å². The average molecular weight is 200 g/mol. The first kappa shape index (κ1) is 9.97. The Hall–Kier alpha value is -1.57. The smallest absolute Gasteiger partial charge is 0.0914 e. The van der Waals surface area contributed by atoms with Gasteiger partial charge < -0.3 is 5.73 Å². The van der Waals surface area contributed by atoms with Crippen LogP contribution in [-0.2, 0) is 5.41 Å². The summed E-state index contributed by atoms with van der Waals surface area (Å²) >= 11 is 0. The Bertz CT molecular complexity index is 420. The summed E-state index contributed by atoms with van der Waals surface area (Å²) in [5.41, 5.74) is 8.09. The van der Waals surface area contributed by atoms with Gasteiger partial charge in [-0.1, -0.05) is 43.3 Å². The molecule has 1 aliphatic carbocycles. The van der Waals surface area contributed by atoms with Crippen molar-refractivity contribution < 1.29 is 0 Å². The van der Waals surface area contributed by atoms with E-state index in [-0.39, 0.29) is 11.3 Å². The second-order valence-corrected chi connectivity index (χ2v) is 4.46. The van der Waals surface area contributed by atoms with E-state index in [9.17, 15) is 0 Å². The summed E-state index contributed by atoms with van der Waals surface area (Å²) in [5.74, 6) is 0.266. The van der Waals surface area contributed by atoms with Gasteiger partial charge in [-0.3, -0.25) is 5.41 Å². The zero-order valence-corrected chi connectivity index (χ0v) is 8.96. The highest BCUT2D eigenvalue weighted by Crippen LogP contribution is 2.37. The molecule has 0 bridgehead atoms. The van der Waals surface area contributed by atoms with Crippen LogP contribution in [0.1, 0.15) is 30.9 Å². The third-order valence-corrected chi connectivity index (χ3v) is 3.06. The van der Waals surface area contributed by atoms with Crippen molar-refractivity contribution in [1.29, 1.82) is 5.41 Å². The molecule has 0 heterocycles. The molecular formula is C13H16N2. The Morgan fingerprint density at radius 3 is 2.93 bits per heavy atom. The van der Waals surface area contributed by atoms with Gasteiger partial charge in [-0.15, -0.1) is 0 Å². The Kier molecular flexibility index (Phi) is 2.35. The SMILES string of the molecule is C[C@@]1(CC(=N)N)CC=Cc2ccccc21. The number of amidine groups is 1. The van der Waals surface area contributed by atoms with E-state index < -0.39 is 0 Å². The van der Waals surface area contributed by atoms with Gasteiger partial charge in [-0.25, -0.2) is 0 Å². The summed E-state index contributed by atoms with van der Waals surface area (Å²) in [6.45, 7) is 2.18. The van der Waals surface area contributed by atoms with Gasteiger partial charge in [-0.2, -0.15) is 0 Å². The highest BCUT2D eigenvalue weighted by molar-refractivity contribution is 5.79. The predicted molar refractivity (Wildman–Crippen MR) is 64.0 cm³/mol. The van der Waals surface area contributed by atoms with E-state index in [0.29, 0.717) is 6.42 Å². The molecule has 3 N–H and O–H groups in total. The summed E-state index contributed by atoms with van der Waals surface area (Å²) in [7, 11) is 0. The highest BCUT2D eigenvalue weighted by atomic mass is 14.7. The molecule has 2 nitrogen and oxygen atoms in total. The summed E-state index contributed by atoms with van der Waals surface area (Å²) < 4.78 is 0. The van der Waals surface area contributed by atoms with Gasteiger partial charge in [0.2, 0.25) is 0 Å². The fraction of sp³-hybridized carbons (Fsp3) is 0.308. The van der Waals surface area contributed by atoms with E-state index in [1.165, 1.54) is 11.1 Å². The molecule has 1 atom stereocenters. The molecule has 0 spiro atoms. The molecule has 2 heteroatoms. The van der Waals surface area contributed by atoms with Crippen molar-refractivity contribution in [3.05, 3.63) is 41.5 Å². The third kappa shape index (κ3) is 1.80. The number of nitrogens with one attached hydrogen (secondary N) is 1.